The van der Waals surface area contributed by atoms with Gasteiger partial charge in [-0.3, -0.25) is 0 Å². The predicted octanol–water partition coefficient (Wildman–Crippen LogP) is 3.39. The fourth-order valence-corrected chi connectivity index (χ4v) is 1.46. The van der Waals surface area contributed by atoms with E-state index in [0.717, 1.165) is 24.3 Å². The van der Waals surface area contributed by atoms with Crippen LogP contribution in [0.15, 0.2) is 18.2 Å². The van der Waals surface area contributed by atoms with Crippen molar-refractivity contribution in [3.63, 3.8) is 0 Å². The molecule has 0 amide bonds. The highest BCUT2D eigenvalue weighted by Gasteiger charge is 2.15. The first-order valence-electron chi connectivity index (χ1n) is 5.29. The largest absolute Gasteiger partial charge is 0.454 e. The molecule has 1 aliphatic rings. The molecular weight excluding hydrogens is 176 g/mol. The predicted molar refractivity (Wildman–Crippen MR) is 57.9 cm³/mol. The highest BCUT2D eigenvalue weighted by atomic mass is 16.7. The summed E-state index contributed by atoms with van der Waals surface area (Å²) in [7, 11) is 0. The van der Waals surface area contributed by atoms with Gasteiger partial charge < -0.3 is 9.47 Å². The summed E-state index contributed by atoms with van der Waals surface area (Å²) in [4.78, 5) is 0. The first-order valence-corrected chi connectivity index (χ1v) is 5.29. The van der Waals surface area contributed by atoms with E-state index in [1.165, 1.54) is 5.56 Å². The molecule has 2 nitrogen and oxygen atoms in total. The van der Waals surface area contributed by atoms with Crippen LogP contribution in [0, 0.1) is 0 Å². The zero-order valence-electron chi connectivity index (χ0n) is 9.17. The van der Waals surface area contributed by atoms with Crippen molar-refractivity contribution >= 4 is 0 Å². The Morgan fingerprint density at radius 1 is 1.21 bits per heavy atom. The number of rotatable bonds is 2. The smallest absolute Gasteiger partial charge is 0.231 e. The summed E-state index contributed by atoms with van der Waals surface area (Å²) in [6.07, 6.45) is 2.20. The van der Waals surface area contributed by atoms with E-state index < -0.39 is 0 Å². The lowest BCUT2D eigenvalue weighted by atomic mass is 10.1. The Kier molecular flexibility index (Phi) is 4.30. The zero-order valence-corrected chi connectivity index (χ0v) is 9.17. The first-order chi connectivity index (χ1) is 6.92. The van der Waals surface area contributed by atoms with Crippen LogP contribution in [0.1, 0.15) is 32.8 Å². The van der Waals surface area contributed by atoms with Crippen molar-refractivity contribution in [2.24, 2.45) is 0 Å². The van der Waals surface area contributed by atoms with Gasteiger partial charge in [0.25, 0.3) is 0 Å². The Balaban J connectivity index is 0.000000461. The molecule has 0 N–H and O–H groups in total. The Bertz CT molecular complexity index is 282. The van der Waals surface area contributed by atoms with Crippen molar-refractivity contribution in [3.05, 3.63) is 23.8 Å². The van der Waals surface area contributed by atoms with Crippen LogP contribution < -0.4 is 9.47 Å². The Labute approximate surface area is 85.8 Å². The molecule has 2 heteroatoms. The summed E-state index contributed by atoms with van der Waals surface area (Å²) in [6.45, 7) is 6.53. The maximum absolute atomic E-state index is 5.36. The summed E-state index contributed by atoms with van der Waals surface area (Å²) in [5, 5.41) is 0. The van der Waals surface area contributed by atoms with E-state index >= 15 is 0 Å². The highest BCUT2D eigenvalue weighted by molar-refractivity contribution is 5.48. The van der Waals surface area contributed by atoms with Crippen molar-refractivity contribution in [2.45, 2.75) is 33.6 Å². The number of aryl methyl sites for hydroxylation is 1. The van der Waals surface area contributed by atoms with Crippen molar-refractivity contribution in [2.75, 3.05) is 6.79 Å². The average Bonchev–Trinajstić information content (AvgIpc) is 2.70. The Morgan fingerprint density at radius 3 is 2.71 bits per heavy atom. The lowest BCUT2D eigenvalue weighted by Crippen LogP contribution is -1.94. The van der Waals surface area contributed by atoms with Gasteiger partial charge in [-0.1, -0.05) is 39.3 Å². The van der Waals surface area contributed by atoms with Crippen LogP contribution in [0.25, 0.3) is 0 Å². The molecule has 0 unspecified atom stereocenters. The maximum atomic E-state index is 5.36. The molecule has 14 heavy (non-hydrogen) atoms. The molecule has 1 aromatic carbocycles. The van der Waals surface area contributed by atoms with Crippen molar-refractivity contribution in [1.29, 1.82) is 0 Å². The van der Waals surface area contributed by atoms with E-state index in [0.29, 0.717) is 6.79 Å². The van der Waals surface area contributed by atoms with E-state index in [4.69, 9.17) is 9.47 Å². The van der Waals surface area contributed by atoms with E-state index in [1.54, 1.807) is 0 Å². The van der Waals surface area contributed by atoms with E-state index in [9.17, 15) is 0 Å². The van der Waals surface area contributed by atoms with Crippen LogP contribution in [-0.4, -0.2) is 6.79 Å². The van der Waals surface area contributed by atoms with Crippen molar-refractivity contribution in [1.82, 2.24) is 0 Å². The van der Waals surface area contributed by atoms with E-state index in [-0.39, 0.29) is 0 Å². The van der Waals surface area contributed by atoms with Crippen molar-refractivity contribution in [3.8, 4) is 11.5 Å². The minimum absolute atomic E-state index is 0.371. The second-order valence-corrected chi connectivity index (χ2v) is 2.90. The van der Waals surface area contributed by atoms with Crippen LogP contribution in [-0.2, 0) is 6.42 Å². The SMILES string of the molecule is CC.CCCc1cccc2c1OCO2. The third-order valence-electron chi connectivity index (χ3n) is 2.00. The lowest BCUT2D eigenvalue weighted by molar-refractivity contribution is 0.173. The van der Waals surface area contributed by atoms with Gasteiger partial charge in [0.1, 0.15) is 0 Å². The third-order valence-corrected chi connectivity index (χ3v) is 2.00. The molecule has 0 spiro atoms. The lowest BCUT2D eigenvalue weighted by Gasteiger charge is -2.02. The molecule has 0 saturated carbocycles. The summed E-state index contributed by atoms with van der Waals surface area (Å²) < 4.78 is 10.6. The molecule has 0 fully saturated rings. The molecule has 78 valence electrons. The Hall–Kier alpha value is -1.18. The van der Waals surface area contributed by atoms with Crippen LogP contribution >= 0.6 is 0 Å². The van der Waals surface area contributed by atoms with Gasteiger partial charge in [-0.15, -0.1) is 0 Å². The molecule has 0 radical (unpaired) electrons. The number of hydrogen-bond acceptors (Lipinski definition) is 2. The van der Waals surface area contributed by atoms with Crippen LogP contribution in [0.2, 0.25) is 0 Å². The standard InChI is InChI=1S/C10H12O2.C2H6/c1-2-4-8-5-3-6-9-10(8)12-7-11-9;1-2/h3,5-6H,2,4,7H2,1H3;1-2H3. The fraction of sp³-hybridized carbons (Fsp3) is 0.500. The topological polar surface area (TPSA) is 18.5 Å². The van der Waals surface area contributed by atoms with Gasteiger partial charge in [-0.25, -0.2) is 0 Å². The second kappa shape index (κ2) is 5.53. The van der Waals surface area contributed by atoms with Crippen LogP contribution in [0.5, 0.6) is 11.5 Å². The molecule has 1 aliphatic heterocycles. The number of para-hydroxylation sites is 1. The quantitative estimate of drug-likeness (QED) is 0.718. The number of hydrogen-bond donors (Lipinski definition) is 0. The molecule has 1 heterocycles. The van der Waals surface area contributed by atoms with E-state index in [1.807, 2.05) is 26.0 Å². The number of benzene rings is 1. The van der Waals surface area contributed by atoms with Gasteiger partial charge in [-0.05, 0) is 18.1 Å². The van der Waals surface area contributed by atoms with Gasteiger partial charge in [0.05, 0.1) is 0 Å². The minimum Gasteiger partial charge on any atom is -0.454 e. The van der Waals surface area contributed by atoms with Gasteiger partial charge in [0.15, 0.2) is 11.5 Å². The maximum Gasteiger partial charge on any atom is 0.231 e. The second-order valence-electron chi connectivity index (χ2n) is 2.90. The third kappa shape index (κ3) is 2.19. The van der Waals surface area contributed by atoms with Crippen molar-refractivity contribution < 1.29 is 9.47 Å². The van der Waals surface area contributed by atoms with E-state index in [2.05, 4.69) is 13.0 Å². The van der Waals surface area contributed by atoms with Crippen LogP contribution in [0.3, 0.4) is 0 Å². The summed E-state index contributed by atoms with van der Waals surface area (Å²) >= 11 is 0. The molecule has 1 aromatic rings. The zero-order chi connectivity index (χ0) is 10.4. The molecule has 0 bridgehead atoms. The summed E-state index contributed by atoms with van der Waals surface area (Å²) in [6, 6.07) is 6.05. The summed E-state index contributed by atoms with van der Waals surface area (Å²) in [5.74, 6) is 1.83. The molecule has 0 saturated heterocycles. The molecule has 0 atom stereocenters. The average molecular weight is 194 g/mol. The van der Waals surface area contributed by atoms with Gasteiger partial charge >= 0.3 is 0 Å². The van der Waals surface area contributed by atoms with Gasteiger partial charge in [-0.2, -0.15) is 0 Å². The summed E-state index contributed by atoms with van der Waals surface area (Å²) in [5.41, 5.74) is 1.26. The normalized spacial score (nSPS) is 11.9. The molecular formula is C12H18O2. The Morgan fingerprint density at radius 2 is 2.00 bits per heavy atom. The molecule has 0 aromatic heterocycles. The molecule has 0 aliphatic carbocycles. The van der Waals surface area contributed by atoms with Gasteiger partial charge in [0.2, 0.25) is 6.79 Å². The fourth-order valence-electron chi connectivity index (χ4n) is 1.46. The van der Waals surface area contributed by atoms with Crippen LogP contribution in [0.4, 0.5) is 0 Å². The van der Waals surface area contributed by atoms with Gasteiger partial charge in [0, 0.05) is 0 Å². The minimum atomic E-state index is 0.371. The number of ether oxygens (including phenoxy) is 2. The first kappa shape index (κ1) is 10.9. The molecule has 2 rings (SSSR count). The number of fused-ring (bicyclic) bond motifs is 1. The monoisotopic (exact) mass is 194 g/mol. The highest BCUT2D eigenvalue weighted by Crippen LogP contribution is 2.35.